The molecular formula is C21H34ClN3O3S2. The first-order valence-electron chi connectivity index (χ1n) is 10.7. The van der Waals surface area contributed by atoms with Crippen LogP contribution >= 0.6 is 23.4 Å². The molecule has 0 aliphatic carbocycles. The molecule has 1 aliphatic rings. The SMILES string of the molecule is CCCCCCN=C1SCC(O)(c2ccc(Cl)c(S(N)(=O)=O)c2)N1CCCCCC. The molecule has 9 heteroatoms. The van der Waals surface area contributed by atoms with Crippen LogP contribution in [0.2, 0.25) is 5.02 Å². The summed E-state index contributed by atoms with van der Waals surface area (Å²) in [5, 5.41) is 17.8. The fourth-order valence-electron chi connectivity index (χ4n) is 3.51. The number of nitrogens with zero attached hydrogens (tertiary/aromatic N) is 2. The summed E-state index contributed by atoms with van der Waals surface area (Å²) in [5.41, 5.74) is -0.876. The number of thioether (sulfide) groups is 1. The van der Waals surface area contributed by atoms with Gasteiger partial charge in [0.25, 0.3) is 0 Å². The molecule has 0 amide bonds. The van der Waals surface area contributed by atoms with E-state index in [0.717, 1.165) is 50.2 Å². The third kappa shape index (κ3) is 6.60. The van der Waals surface area contributed by atoms with Crippen molar-refractivity contribution in [3.8, 4) is 0 Å². The topological polar surface area (TPSA) is 96.0 Å². The summed E-state index contributed by atoms with van der Waals surface area (Å²) in [6, 6.07) is 4.54. The van der Waals surface area contributed by atoms with Crippen molar-refractivity contribution >= 4 is 38.6 Å². The van der Waals surface area contributed by atoms with Gasteiger partial charge in [-0.3, -0.25) is 4.99 Å². The molecule has 0 bridgehead atoms. The zero-order valence-electron chi connectivity index (χ0n) is 17.9. The van der Waals surface area contributed by atoms with E-state index in [-0.39, 0.29) is 9.92 Å². The average molecular weight is 476 g/mol. The smallest absolute Gasteiger partial charge is 0.239 e. The van der Waals surface area contributed by atoms with Gasteiger partial charge in [-0.15, -0.1) is 0 Å². The summed E-state index contributed by atoms with van der Waals surface area (Å²) in [5.74, 6) is 0.375. The lowest BCUT2D eigenvalue weighted by Crippen LogP contribution is -2.45. The highest BCUT2D eigenvalue weighted by atomic mass is 35.5. The number of primary sulfonamides is 1. The molecule has 3 N–H and O–H groups in total. The zero-order valence-corrected chi connectivity index (χ0v) is 20.3. The minimum Gasteiger partial charge on any atom is -0.366 e. The molecule has 1 unspecified atom stereocenters. The van der Waals surface area contributed by atoms with Crippen LogP contribution in [0.25, 0.3) is 0 Å². The van der Waals surface area contributed by atoms with Crippen molar-refractivity contribution in [2.75, 3.05) is 18.8 Å². The van der Waals surface area contributed by atoms with Crippen molar-refractivity contribution < 1.29 is 13.5 Å². The van der Waals surface area contributed by atoms with E-state index < -0.39 is 15.7 Å². The van der Waals surface area contributed by atoms with Crippen LogP contribution in [0.15, 0.2) is 28.1 Å². The van der Waals surface area contributed by atoms with Gasteiger partial charge >= 0.3 is 0 Å². The molecule has 0 saturated carbocycles. The molecule has 0 spiro atoms. The van der Waals surface area contributed by atoms with Crippen LogP contribution in [-0.2, 0) is 15.7 Å². The number of nitrogens with two attached hydrogens (primary N) is 1. The van der Waals surface area contributed by atoms with Crippen molar-refractivity contribution in [2.24, 2.45) is 10.1 Å². The predicted molar refractivity (Wildman–Crippen MR) is 126 cm³/mol. The minimum atomic E-state index is -3.99. The summed E-state index contributed by atoms with van der Waals surface area (Å²) in [6.45, 7) is 5.73. The van der Waals surface area contributed by atoms with Crippen molar-refractivity contribution in [1.82, 2.24) is 4.90 Å². The quantitative estimate of drug-likeness (QED) is 0.427. The van der Waals surface area contributed by atoms with Crippen LogP contribution in [0.5, 0.6) is 0 Å². The Morgan fingerprint density at radius 3 is 2.47 bits per heavy atom. The number of benzene rings is 1. The Bertz CT molecular complexity index is 833. The first kappa shape index (κ1) is 25.5. The Morgan fingerprint density at radius 2 is 1.83 bits per heavy atom. The van der Waals surface area contributed by atoms with Crippen LogP contribution in [0.4, 0.5) is 0 Å². The van der Waals surface area contributed by atoms with Crippen LogP contribution in [0, 0.1) is 0 Å². The monoisotopic (exact) mass is 475 g/mol. The van der Waals surface area contributed by atoms with Crippen LogP contribution in [0.1, 0.15) is 70.8 Å². The lowest BCUT2D eigenvalue weighted by Gasteiger charge is -2.35. The summed E-state index contributed by atoms with van der Waals surface area (Å²) >= 11 is 7.55. The first-order chi connectivity index (χ1) is 14.2. The number of sulfonamides is 1. The van der Waals surface area contributed by atoms with E-state index in [0.29, 0.717) is 17.9 Å². The zero-order chi connectivity index (χ0) is 22.2. The van der Waals surface area contributed by atoms with Crippen LogP contribution in [-0.4, -0.2) is 42.4 Å². The van der Waals surface area contributed by atoms with E-state index in [2.05, 4.69) is 13.8 Å². The molecular weight excluding hydrogens is 442 g/mol. The fourth-order valence-corrected chi connectivity index (χ4v) is 5.82. The van der Waals surface area contributed by atoms with Gasteiger partial charge in [-0.2, -0.15) is 0 Å². The van der Waals surface area contributed by atoms with Crippen molar-refractivity contribution in [3.63, 3.8) is 0 Å². The van der Waals surface area contributed by atoms with Gasteiger partial charge in [-0.25, -0.2) is 13.6 Å². The van der Waals surface area contributed by atoms with E-state index in [1.807, 2.05) is 4.90 Å². The summed E-state index contributed by atoms with van der Waals surface area (Å²) in [7, 11) is -3.99. The Kier molecular flexibility index (Phi) is 9.94. The highest BCUT2D eigenvalue weighted by Crippen LogP contribution is 2.40. The molecule has 0 aromatic heterocycles. The maximum atomic E-state index is 11.9. The van der Waals surface area contributed by atoms with Crippen molar-refractivity contribution in [1.29, 1.82) is 0 Å². The molecule has 1 aromatic rings. The van der Waals surface area contributed by atoms with Gasteiger partial charge in [-0.05, 0) is 25.0 Å². The number of aliphatic imine (C=N–C) groups is 1. The largest absolute Gasteiger partial charge is 0.366 e. The number of aliphatic hydroxyl groups is 1. The molecule has 1 heterocycles. The molecule has 0 radical (unpaired) electrons. The molecule has 1 aromatic carbocycles. The molecule has 30 heavy (non-hydrogen) atoms. The highest BCUT2D eigenvalue weighted by Gasteiger charge is 2.44. The predicted octanol–water partition coefficient (Wildman–Crippen LogP) is 4.70. The maximum Gasteiger partial charge on any atom is 0.239 e. The minimum absolute atomic E-state index is 0.0508. The van der Waals surface area contributed by atoms with Crippen LogP contribution in [0.3, 0.4) is 0 Å². The molecule has 170 valence electrons. The summed E-state index contributed by atoms with van der Waals surface area (Å²) in [6.07, 6.45) is 8.82. The normalized spacial score (nSPS) is 21.0. The molecule has 6 nitrogen and oxygen atoms in total. The Balaban J connectivity index is 2.29. The van der Waals surface area contributed by atoms with Gasteiger partial charge in [0.2, 0.25) is 10.0 Å². The van der Waals surface area contributed by atoms with E-state index in [1.165, 1.54) is 36.7 Å². The van der Waals surface area contributed by atoms with Gasteiger partial charge < -0.3 is 10.0 Å². The average Bonchev–Trinajstić information content (AvgIpc) is 3.01. The Labute approximate surface area is 190 Å². The van der Waals surface area contributed by atoms with Gasteiger partial charge in [0, 0.05) is 18.7 Å². The lowest BCUT2D eigenvalue weighted by molar-refractivity contribution is -0.0485. The summed E-state index contributed by atoms with van der Waals surface area (Å²) in [4.78, 5) is 6.51. The van der Waals surface area contributed by atoms with E-state index in [1.54, 1.807) is 6.07 Å². The van der Waals surface area contributed by atoms with Gasteiger partial charge in [0.15, 0.2) is 10.9 Å². The fraction of sp³-hybridized carbons (Fsp3) is 0.667. The molecule has 1 fully saturated rings. The second kappa shape index (κ2) is 11.7. The van der Waals surface area contributed by atoms with Crippen molar-refractivity contribution in [3.05, 3.63) is 28.8 Å². The number of rotatable bonds is 12. The van der Waals surface area contributed by atoms with Gasteiger partial charge in [-0.1, -0.05) is 81.8 Å². The first-order valence-corrected chi connectivity index (χ1v) is 13.6. The van der Waals surface area contributed by atoms with Gasteiger partial charge in [0.1, 0.15) is 4.90 Å². The Morgan fingerprint density at radius 1 is 1.17 bits per heavy atom. The maximum absolute atomic E-state index is 11.9. The second-order valence-corrected chi connectivity index (χ2v) is 10.6. The highest BCUT2D eigenvalue weighted by molar-refractivity contribution is 8.14. The molecule has 1 atom stereocenters. The summed E-state index contributed by atoms with van der Waals surface area (Å²) < 4.78 is 23.8. The van der Waals surface area contributed by atoms with E-state index in [4.69, 9.17) is 21.7 Å². The standard InChI is InChI=1S/C21H34ClN3O3S2/c1-3-5-7-9-13-24-20-25(14-10-8-6-4-2)21(26,16-29-20)17-11-12-18(22)19(15-17)30(23,27)28/h11-12,15,26H,3-10,13-14,16H2,1-2H3,(H2,23,27,28). The van der Waals surface area contributed by atoms with Gasteiger partial charge in [0.05, 0.1) is 10.8 Å². The van der Waals surface area contributed by atoms with E-state index >= 15 is 0 Å². The second-order valence-electron chi connectivity index (χ2n) is 7.73. The molecule has 1 saturated heterocycles. The molecule has 1 aliphatic heterocycles. The van der Waals surface area contributed by atoms with E-state index in [9.17, 15) is 13.5 Å². The third-order valence-electron chi connectivity index (χ3n) is 5.27. The molecule has 2 rings (SSSR count). The third-order valence-corrected chi connectivity index (χ3v) is 7.82. The van der Waals surface area contributed by atoms with Crippen LogP contribution < -0.4 is 5.14 Å². The Hall–Kier alpha value is -0.800. The number of unbranched alkanes of at least 4 members (excludes halogenated alkanes) is 6. The number of hydrogen-bond donors (Lipinski definition) is 2. The number of halogens is 1. The van der Waals surface area contributed by atoms with Crippen molar-refractivity contribution in [2.45, 2.75) is 75.8 Å². The number of hydrogen-bond acceptors (Lipinski definition) is 5. The number of amidine groups is 1. The lowest BCUT2D eigenvalue weighted by atomic mass is 10.0.